The van der Waals surface area contributed by atoms with Crippen molar-refractivity contribution in [3.8, 4) is 0 Å². The molecule has 1 fully saturated rings. The lowest BCUT2D eigenvalue weighted by Crippen LogP contribution is -2.43. The molecule has 0 aliphatic carbocycles. The highest BCUT2D eigenvalue weighted by molar-refractivity contribution is 6.16. The van der Waals surface area contributed by atoms with Gasteiger partial charge in [0.2, 0.25) is 0 Å². The normalized spacial score (nSPS) is 17.4. The summed E-state index contributed by atoms with van der Waals surface area (Å²) < 4.78 is 1.93. The molecule has 4 heterocycles. The number of para-hydroxylation sites is 2. The molecule has 7 rings (SSSR count). The van der Waals surface area contributed by atoms with Gasteiger partial charge in [-0.1, -0.05) is 72.8 Å². The van der Waals surface area contributed by atoms with Crippen molar-refractivity contribution in [2.75, 3.05) is 26.2 Å². The number of amidine groups is 1. The zero-order chi connectivity index (χ0) is 29.2. The van der Waals surface area contributed by atoms with Crippen molar-refractivity contribution < 1.29 is 4.79 Å². The average molecular weight is 571 g/mol. The lowest BCUT2D eigenvalue weighted by Gasteiger charge is -2.33. The fraction of sp³-hybridized carbons (Fsp3) is 0.257. The third-order valence-corrected chi connectivity index (χ3v) is 8.81. The Morgan fingerprint density at radius 3 is 2.07 bits per heavy atom. The number of carbonyl (C=O) groups excluding carboxylic acids is 1. The minimum absolute atomic E-state index is 0.0320. The van der Waals surface area contributed by atoms with Gasteiger partial charge >= 0.3 is 5.69 Å². The maximum Gasteiger partial charge on any atom is 0.326 e. The molecule has 2 aliphatic heterocycles. The molecule has 0 saturated carbocycles. The molecule has 0 radical (unpaired) electrons. The van der Waals surface area contributed by atoms with E-state index in [0.29, 0.717) is 12.4 Å². The van der Waals surface area contributed by atoms with Crippen LogP contribution in [-0.2, 0) is 10.3 Å². The van der Waals surface area contributed by atoms with Gasteiger partial charge in [0.25, 0.3) is 5.91 Å². The van der Waals surface area contributed by atoms with E-state index >= 15 is 0 Å². The molecule has 3 aromatic carbocycles. The van der Waals surface area contributed by atoms with Crippen LogP contribution in [0, 0.1) is 0 Å². The number of aliphatic imine (C=N–C) groups is 1. The van der Waals surface area contributed by atoms with Gasteiger partial charge in [0.05, 0.1) is 11.0 Å². The molecule has 1 N–H and O–H groups in total. The van der Waals surface area contributed by atoms with E-state index < -0.39 is 5.54 Å². The number of imidazole rings is 1. The number of pyridine rings is 1. The standard InChI is InChI=1S/C35H34N6O2/c42-33-35(27-10-3-1-4-11-27,28-12-5-2-6-13-28)38-32(26-16-20-36-21-17-26)40(33)23-9-22-39-24-18-29(19-25-39)41-31-15-8-7-14-30(31)37-34(41)43/h1-8,10-17,20-21,29H,9,18-19,22-25H2,(H,37,43). The molecule has 216 valence electrons. The summed E-state index contributed by atoms with van der Waals surface area (Å²) in [6, 6.07) is 31.7. The van der Waals surface area contributed by atoms with E-state index in [1.807, 2.05) is 107 Å². The Balaban J connectivity index is 1.10. The number of nitrogens with one attached hydrogen (secondary N) is 1. The molecular weight excluding hydrogens is 536 g/mol. The molecule has 8 heteroatoms. The third-order valence-electron chi connectivity index (χ3n) is 8.81. The Morgan fingerprint density at radius 2 is 1.40 bits per heavy atom. The number of aromatic amines is 1. The topological polar surface area (TPSA) is 86.6 Å². The zero-order valence-electron chi connectivity index (χ0n) is 24.0. The predicted octanol–water partition coefficient (Wildman–Crippen LogP) is 4.98. The van der Waals surface area contributed by atoms with E-state index in [-0.39, 0.29) is 17.6 Å². The summed E-state index contributed by atoms with van der Waals surface area (Å²) in [5, 5.41) is 0. The number of aromatic nitrogens is 3. The highest BCUT2D eigenvalue weighted by Crippen LogP contribution is 2.41. The lowest BCUT2D eigenvalue weighted by molar-refractivity contribution is -0.130. The van der Waals surface area contributed by atoms with Crippen LogP contribution in [0.3, 0.4) is 0 Å². The Bertz CT molecular complexity index is 1770. The second-order valence-electron chi connectivity index (χ2n) is 11.3. The van der Waals surface area contributed by atoms with Gasteiger partial charge in [0, 0.05) is 43.6 Å². The van der Waals surface area contributed by atoms with Crippen molar-refractivity contribution in [3.05, 3.63) is 137 Å². The lowest BCUT2D eigenvalue weighted by atomic mass is 9.83. The first-order valence-electron chi connectivity index (χ1n) is 15.0. The molecule has 5 aromatic rings. The van der Waals surface area contributed by atoms with Crippen LogP contribution in [0.2, 0.25) is 0 Å². The van der Waals surface area contributed by atoms with Gasteiger partial charge in [-0.15, -0.1) is 0 Å². The van der Waals surface area contributed by atoms with Crippen LogP contribution in [0.25, 0.3) is 11.0 Å². The summed E-state index contributed by atoms with van der Waals surface area (Å²) in [7, 11) is 0. The van der Waals surface area contributed by atoms with Gasteiger partial charge in [-0.3, -0.25) is 19.2 Å². The number of rotatable bonds is 8. The molecular formula is C35H34N6O2. The quantitative estimate of drug-likeness (QED) is 0.285. The number of nitrogens with zero attached hydrogens (tertiary/aromatic N) is 5. The van der Waals surface area contributed by atoms with E-state index in [0.717, 1.165) is 66.6 Å². The maximum absolute atomic E-state index is 14.6. The Labute approximate surface area is 250 Å². The van der Waals surface area contributed by atoms with Crippen molar-refractivity contribution >= 4 is 22.8 Å². The largest absolute Gasteiger partial charge is 0.326 e. The number of amides is 1. The van der Waals surface area contributed by atoms with Crippen molar-refractivity contribution in [1.82, 2.24) is 24.3 Å². The molecule has 0 spiro atoms. The van der Waals surface area contributed by atoms with Crippen molar-refractivity contribution in [2.24, 2.45) is 4.99 Å². The number of fused-ring (bicyclic) bond motifs is 1. The number of hydrogen-bond donors (Lipinski definition) is 1. The first kappa shape index (κ1) is 27.0. The fourth-order valence-electron chi connectivity index (χ4n) is 6.68. The molecule has 8 nitrogen and oxygen atoms in total. The number of piperidine rings is 1. The van der Waals surface area contributed by atoms with Gasteiger partial charge in [0.15, 0.2) is 5.54 Å². The van der Waals surface area contributed by atoms with Crippen LogP contribution in [0.15, 0.2) is 119 Å². The van der Waals surface area contributed by atoms with Gasteiger partial charge in [0.1, 0.15) is 5.84 Å². The third kappa shape index (κ3) is 4.87. The molecule has 0 unspecified atom stereocenters. The monoisotopic (exact) mass is 570 g/mol. The van der Waals surface area contributed by atoms with Gasteiger partial charge in [-0.25, -0.2) is 9.79 Å². The Kier molecular flexibility index (Phi) is 7.20. The van der Waals surface area contributed by atoms with Crippen LogP contribution in [0.4, 0.5) is 0 Å². The zero-order valence-corrected chi connectivity index (χ0v) is 24.0. The number of hydrogen-bond acceptors (Lipinski definition) is 5. The van der Waals surface area contributed by atoms with Crippen LogP contribution >= 0.6 is 0 Å². The van der Waals surface area contributed by atoms with E-state index in [9.17, 15) is 9.59 Å². The summed E-state index contributed by atoms with van der Waals surface area (Å²) in [5.41, 5.74) is 3.27. The Morgan fingerprint density at radius 1 is 0.767 bits per heavy atom. The average Bonchev–Trinajstić information content (AvgIpc) is 3.56. The molecule has 0 bridgehead atoms. The summed E-state index contributed by atoms with van der Waals surface area (Å²) in [5.74, 6) is 0.645. The number of carbonyl (C=O) groups is 1. The molecule has 2 aliphatic rings. The number of H-pyrrole nitrogens is 1. The van der Waals surface area contributed by atoms with Crippen molar-refractivity contribution in [2.45, 2.75) is 30.8 Å². The van der Waals surface area contributed by atoms with Crippen LogP contribution in [0.1, 0.15) is 42.0 Å². The van der Waals surface area contributed by atoms with Crippen molar-refractivity contribution in [3.63, 3.8) is 0 Å². The summed E-state index contributed by atoms with van der Waals surface area (Å²) in [6.07, 6.45) is 6.13. The highest BCUT2D eigenvalue weighted by atomic mass is 16.2. The second kappa shape index (κ2) is 11.5. The summed E-state index contributed by atoms with van der Waals surface area (Å²) >= 11 is 0. The molecule has 1 amide bonds. The minimum atomic E-state index is -1.15. The van der Waals surface area contributed by atoms with E-state index in [1.54, 1.807) is 12.4 Å². The molecule has 43 heavy (non-hydrogen) atoms. The predicted molar refractivity (Wildman–Crippen MR) is 168 cm³/mol. The van der Waals surface area contributed by atoms with Crippen molar-refractivity contribution in [1.29, 1.82) is 0 Å². The first-order valence-corrected chi connectivity index (χ1v) is 15.0. The fourth-order valence-corrected chi connectivity index (χ4v) is 6.68. The highest BCUT2D eigenvalue weighted by Gasteiger charge is 2.51. The van der Waals surface area contributed by atoms with Gasteiger partial charge in [-0.2, -0.15) is 0 Å². The number of likely N-dealkylation sites (tertiary alicyclic amines) is 1. The smallest absolute Gasteiger partial charge is 0.306 e. The van der Waals surface area contributed by atoms with E-state index in [1.165, 1.54) is 0 Å². The van der Waals surface area contributed by atoms with Gasteiger partial charge in [-0.05, 0) is 61.2 Å². The summed E-state index contributed by atoms with van der Waals surface area (Å²) in [4.78, 5) is 44.0. The van der Waals surface area contributed by atoms with Crippen LogP contribution < -0.4 is 5.69 Å². The van der Waals surface area contributed by atoms with E-state index in [4.69, 9.17) is 4.99 Å². The van der Waals surface area contributed by atoms with E-state index in [2.05, 4.69) is 14.9 Å². The summed E-state index contributed by atoms with van der Waals surface area (Å²) in [6.45, 7) is 3.25. The Hall–Kier alpha value is -4.82. The number of benzene rings is 3. The molecule has 2 aromatic heterocycles. The van der Waals surface area contributed by atoms with Gasteiger partial charge < -0.3 is 9.88 Å². The molecule has 0 atom stereocenters. The molecule has 1 saturated heterocycles. The van der Waals surface area contributed by atoms with Crippen LogP contribution in [0.5, 0.6) is 0 Å². The SMILES string of the molecule is O=C1N(CCCN2CCC(n3c(=O)[nH]c4ccccc43)CC2)C(c2ccncc2)=NC1(c1ccccc1)c1ccccc1. The second-order valence-corrected chi connectivity index (χ2v) is 11.3. The first-order chi connectivity index (χ1) is 21.1. The van der Waals surface area contributed by atoms with Crippen LogP contribution in [-0.4, -0.2) is 62.3 Å². The minimum Gasteiger partial charge on any atom is -0.306 e. The maximum atomic E-state index is 14.6.